The van der Waals surface area contributed by atoms with Crippen molar-refractivity contribution in [3.63, 3.8) is 0 Å². The Hall–Kier alpha value is -1.14. The molecule has 2 heterocycles. The van der Waals surface area contributed by atoms with Gasteiger partial charge in [0.1, 0.15) is 0 Å². The van der Waals surface area contributed by atoms with E-state index in [1.54, 1.807) is 4.90 Å². The first kappa shape index (κ1) is 19.2. The molecular weight excluding hydrogens is 306 g/mol. The molecular formula is C18H33N3O3. The van der Waals surface area contributed by atoms with Gasteiger partial charge in [-0.05, 0) is 31.1 Å². The smallest absolute Gasteiger partial charge is 0.237 e. The third kappa shape index (κ3) is 5.74. The Bertz CT molecular complexity index is 422. The lowest BCUT2D eigenvalue weighted by Gasteiger charge is -2.36. The maximum atomic E-state index is 12.6. The number of hydrogen-bond donors (Lipinski definition) is 1. The Labute approximate surface area is 145 Å². The Kier molecular flexibility index (Phi) is 7.49. The molecule has 2 aliphatic rings. The van der Waals surface area contributed by atoms with E-state index in [1.165, 1.54) is 0 Å². The first-order valence-corrected chi connectivity index (χ1v) is 9.31. The van der Waals surface area contributed by atoms with E-state index in [9.17, 15) is 9.59 Å². The highest BCUT2D eigenvalue weighted by Crippen LogP contribution is 2.19. The first-order chi connectivity index (χ1) is 11.5. The molecule has 2 rings (SSSR count). The normalized spacial score (nSPS) is 23.3. The van der Waals surface area contributed by atoms with Crippen LogP contribution >= 0.6 is 0 Å². The maximum Gasteiger partial charge on any atom is 0.237 e. The van der Waals surface area contributed by atoms with Crippen molar-refractivity contribution in [1.29, 1.82) is 0 Å². The van der Waals surface area contributed by atoms with E-state index in [0.717, 1.165) is 52.1 Å². The quantitative estimate of drug-likeness (QED) is 0.755. The van der Waals surface area contributed by atoms with E-state index in [2.05, 4.69) is 24.1 Å². The van der Waals surface area contributed by atoms with E-state index < -0.39 is 0 Å². The van der Waals surface area contributed by atoms with Crippen LogP contribution in [0, 0.1) is 11.8 Å². The average Bonchev–Trinajstić information content (AvgIpc) is 2.56. The minimum Gasteiger partial charge on any atom is -0.381 e. The van der Waals surface area contributed by atoms with Gasteiger partial charge in [-0.15, -0.1) is 0 Å². The van der Waals surface area contributed by atoms with Gasteiger partial charge in [-0.2, -0.15) is 0 Å². The molecule has 24 heavy (non-hydrogen) atoms. The highest BCUT2D eigenvalue weighted by Gasteiger charge is 2.32. The predicted molar refractivity (Wildman–Crippen MR) is 93.6 cm³/mol. The van der Waals surface area contributed by atoms with Crippen LogP contribution in [0.1, 0.15) is 39.5 Å². The molecule has 6 heteroatoms. The molecule has 2 fully saturated rings. The number of carbonyl (C=O) groups is 2. The summed E-state index contributed by atoms with van der Waals surface area (Å²) in [5.41, 5.74) is 0. The van der Waals surface area contributed by atoms with Gasteiger partial charge in [0.05, 0.1) is 12.5 Å². The zero-order valence-corrected chi connectivity index (χ0v) is 15.4. The summed E-state index contributed by atoms with van der Waals surface area (Å²) in [5.74, 6) is 1.20. The summed E-state index contributed by atoms with van der Waals surface area (Å²) in [6.45, 7) is 9.10. The van der Waals surface area contributed by atoms with Crippen LogP contribution in [0.4, 0.5) is 0 Å². The third-order valence-electron chi connectivity index (χ3n) is 5.05. The third-order valence-corrected chi connectivity index (χ3v) is 5.05. The number of hydrogen-bond acceptors (Lipinski definition) is 4. The van der Waals surface area contributed by atoms with Crippen molar-refractivity contribution in [2.75, 3.05) is 46.4 Å². The van der Waals surface area contributed by atoms with Crippen LogP contribution in [0.25, 0.3) is 0 Å². The van der Waals surface area contributed by atoms with Crippen LogP contribution in [0.15, 0.2) is 0 Å². The number of nitrogens with one attached hydrogen (secondary N) is 1. The maximum absolute atomic E-state index is 12.6. The van der Waals surface area contributed by atoms with Gasteiger partial charge in [-0.3, -0.25) is 14.5 Å². The van der Waals surface area contributed by atoms with Gasteiger partial charge in [-0.1, -0.05) is 13.8 Å². The molecule has 0 aliphatic carbocycles. The van der Waals surface area contributed by atoms with E-state index in [1.807, 2.05) is 7.05 Å². The van der Waals surface area contributed by atoms with Crippen molar-refractivity contribution >= 4 is 11.8 Å². The largest absolute Gasteiger partial charge is 0.381 e. The molecule has 0 unspecified atom stereocenters. The highest BCUT2D eigenvalue weighted by molar-refractivity contribution is 5.88. The Morgan fingerprint density at radius 3 is 2.75 bits per heavy atom. The number of nitrogens with zero attached hydrogens (tertiary/aromatic N) is 2. The molecule has 0 aromatic carbocycles. The van der Waals surface area contributed by atoms with E-state index in [4.69, 9.17) is 4.74 Å². The summed E-state index contributed by atoms with van der Waals surface area (Å²) in [5, 5.41) is 2.90. The molecule has 2 saturated heterocycles. The highest BCUT2D eigenvalue weighted by atomic mass is 16.5. The van der Waals surface area contributed by atoms with Crippen LogP contribution in [0.5, 0.6) is 0 Å². The summed E-state index contributed by atoms with van der Waals surface area (Å²) in [4.78, 5) is 28.7. The fourth-order valence-electron chi connectivity index (χ4n) is 3.53. The van der Waals surface area contributed by atoms with Gasteiger partial charge < -0.3 is 15.0 Å². The molecule has 138 valence electrons. The number of amides is 2. The first-order valence-electron chi connectivity index (χ1n) is 9.31. The zero-order chi connectivity index (χ0) is 17.5. The SMILES string of the molecule is CC(C)CN1CCNC(=O)[C@H]1CC(=O)N(C)CCC1CCOCC1. The van der Waals surface area contributed by atoms with Crippen LogP contribution in [0.2, 0.25) is 0 Å². The molecule has 0 radical (unpaired) electrons. The van der Waals surface area contributed by atoms with Crippen molar-refractivity contribution in [3.8, 4) is 0 Å². The predicted octanol–water partition coefficient (Wildman–Crippen LogP) is 1.11. The zero-order valence-electron chi connectivity index (χ0n) is 15.4. The second-order valence-electron chi connectivity index (χ2n) is 7.56. The molecule has 1 atom stereocenters. The van der Waals surface area contributed by atoms with Gasteiger partial charge >= 0.3 is 0 Å². The standard InChI is InChI=1S/C18H33N3O3/c1-14(2)13-21-9-7-19-18(23)16(21)12-17(22)20(3)8-4-15-5-10-24-11-6-15/h14-16H,4-13H2,1-3H3,(H,19,23)/t16-/m1/s1. The molecule has 2 amide bonds. The topological polar surface area (TPSA) is 61.9 Å². The fourth-order valence-corrected chi connectivity index (χ4v) is 3.53. The van der Waals surface area contributed by atoms with E-state index in [0.29, 0.717) is 18.4 Å². The van der Waals surface area contributed by atoms with Crippen molar-refractivity contribution in [2.45, 2.75) is 45.6 Å². The van der Waals surface area contributed by atoms with Crippen molar-refractivity contribution in [1.82, 2.24) is 15.1 Å². The Morgan fingerprint density at radius 1 is 1.38 bits per heavy atom. The molecule has 1 N–H and O–H groups in total. The van der Waals surface area contributed by atoms with Crippen LogP contribution in [0.3, 0.4) is 0 Å². The lowest BCUT2D eigenvalue weighted by atomic mass is 9.96. The second kappa shape index (κ2) is 9.37. The van der Waals surface area contributed by atoms with Gasteiger partial charge in [-0.25, -0.2) is 0 Å². The van der Waals surface area contributed by atoms with Gasteiger partial charge in [0.15, 0.2) is 0 Å². The number of ether oxygens (including phenoxy) is 1. The lowest BCUT2D eigenvalue weighted by molar-refractivity contribution is -0.138. The average molecular weight is 339 g/mol. The van der Waals surface area contributed by atoms with Crippen molar-refractivity contribution in [2.24, 2.45) is 11.8 Å². The molecule has 0 bridgehead atoms. The van der Waals surface area contributed by atoms with Crippen molar-refractivity contribution < 1.29 is 14.3 Å². The Morgan fingerprint density at radius 2 is 2.08 bits per heavy atom. The van der Waals surface area contributed by atoms with Crippen LogP contribution in [-0.2, 0) is 14.3 Å². The molecule has 2 aliphatic heterocycles. The molecule has 6 nitrogen and oxygen atoms in total. The number of rotatable bonds is 7. The number of piperazine rings is 1. The minimum absolute atomic E-state index is 0.00641. The lowest BCUT2D eigenvalue weighted by Crippen LogP contribution is -2.57. The van der Waals surface area contributed by atoms with Crippen molar-refractivity contribution in [3.05, 3.63) is 0 Å². The molecule has 0 aromatic rings. The number of carbonyl (C=O) groups excluding carboxylic acids is 2. The summed E-state index contributed by atoms with van der Waals surface area (Å²) in [6.07, 6.45) is 3.49. The Balaban J connectivity index is 1.82. The summed E-state index contributed by atoms with van der Waals surface area (Å²) >= 11 is 0. The molecule has 0 saturated carbocycles. The van der Waals surface area contributed by atoms with E-state index >= 15 is 0 Å². The van der Waals surface area contributed by atoms with E-state index in [-0.39, 0.29) is 24.3 Å². The monoisotopic (exact) mass is 339 g/mol. The molecule has 0 aromatic heterocycles. The molecule has 0 spiro atoms. The minimum atomic E-state index is -0.320. The van der Waals surface area contributed by atoms with Crippen LogP contribution in [-0.4, -0.2) is 74.1 Å². The van der Waals surface area contributed by atoms with Gasteiger partial charge in [0.2, 0.25) is 11.8 Å². The summed E-state index contributed by atoms with van der Waals surface area (Å²) in [7, 11) is 1.86. The fraction of sp³-hybridized carbons (Fsp3) is 0.889. The van der Waals surface area contributed by atoms with Crippen LogP contribution < -0.4 is 5.32 Å². The van der Waals surface area contributed by atoms with Gasteiger partial charge in [0, 0.05) is 46.4 Å². The second-order valence-corrected chi connectivity index (χ2v) is 7.56. The summed E-state index contributed by atoms with van der Waals surface area (Å²) < 4.78 is 5.38. The summed E-state index contributed by atoms with van der Waals surface area (Å²) in [6, 6.07) is -0.320. The van der Waals surface area contributed by atoms with Gasteiger partial charge in [0.25, 0.3) is 0 Å².